The molecule has 1 saturated heterocycles. The molecule has 1 amide bonds. The molecule has 1 aromatic rings. The minimum atomic E-state index is -5.05. The molecule has 39 heavy (non-hydrogen) atoms. The van der Waals surface area contributed by atoms with Crippen molar-refractivity contribution >= 4 is 37.0 Å². The Balaban J connectivity index is 2.02. The number of phenols is 1. The molecule has 0 aromatic heterocycles. The molecule has 0 spiro atoms. The van der Waals surface area contributed by atoms with Crippen LogP contribution in [0.2, 0.25) is 5.02 Å². The van der Waals surface area contributed by atoms with Crippen molar-refractivity contribution in [2.45, 2.75) is 64.9 Å². The quantitative estimate of drug-likeness (QED) is 0.194. The monoisotopic (exact) mass is 584 g/mol. The number of ether oxygens (including phenoxy) is 1. The second-order valence-electron chi connectivity index (χ2n) is 9.57. The maximum Gasteiger partial charge on any atom is 0.524 e. The maximum absolute atomic E-state index is 13.1. The van der Waals surface area contributed by atoms with Gasteiger partial charge in [0.1, 0.15) is 17.4 Å². The van der Waals surface area contributed by atoms with Crippen molar-refractivity contribution in [2.75, 3.05) is 19.7 Å². The molecule has 1 fully saturated rings. The van der Waals surface area contributed by atoms with Crippen LogP contribution in [0.4, 0.5) is 0 Å². The zero-order chi connectivity index (χ0) is 28.6. The number of carbonyl (C=O) groups is 2. The molecule has 0 bridgehead atoms. The number of cyclic esters (lactones) is 1. The highest BCUT2D eigenvalue weighted by Crippen LogP contribution is 2.45. The number of allylic oxidation sites excluding steroid dienone is 3. The van der Waals surface area contributed by atoms with Crippen LogP contribution in [0.25, 0.3) is 0 Å². The largest absolute Gasteiger partial charge is 0.524 e. The van der Waals surface area contributed by atoms with Crippen LogP contribution < -0.4 is 4.52 Å². The lowest BCUT2D eigenvalue weighted by Crippen LogP contribution is -2.37. The van der Waals surface area contributed by atoms with E-state index in [9.17, 15) is 29.0 Å². The molecule has 2 aliphatic rings. The average Bonchev–Trinajstić information content (AvgIpc) is 2.85. The van der Waals surface area contributed by atoms with E-state index in [1.807, 2.05) is 19.1 Å². The maximum atomic E-state index is 13.1. The first-order valence-electron chi connectivity index (χ1n) is 12.7. The number of piperidine rings is 1. The number of esters is 1. The number of fused-ring (bicyclic) bond motifs is 1. The van der Waals surface area contributed by atoms with Crippen molar-refractivity contribution in [3.63, 3.8) is 0 Å². The van der Waals surface area contributed by atoms with Gasteiger partial charge in [0.25, 0.3) is 5.91 Å². The average molecular weight is 585 g/mol. The molecular formula is C26H34ClN2O9P. The van der Waals surface area contributed by atoms with Crippen LogP contribution in [0, 0.1) is 0 Å². The summed E-state index contributed by atoms with van der Waals surface area (Å²) in [5, 5.41) is 14.5. The fourth-order valence-corrected chi connectivity index (χ4v) is 5.03. The lowest BCUT2D eigenvalue weighted by molar-refractivity contribution is -0.137. The summed E-state index contributed by atoms with van der Waals surface area (Å²) >= 11 is 6.47. The summed E-state index contributed by atoms with van der Waals surface area (Å²) in [5.41, 5.74) is 0.853. The fraction of sp³-hybridized carbons (Fsp3) is 0.500. The van der Waals surface area contributed by atoms with Gasteiger partial charge in [-0.15, -0.1) is 0 Å². The molecule has 3 rings (SSSR count). The van der Waals surface area contributed by atoms with Crippen LogP contribution in [-0.2, 0) is 25.4 Å². The second-order valence-corrected chi connectivity index (χ2v) is 11.1. The van der Waals surface area contributed by atoms with Crippen LogP contribution in [-0.4, -0.2) is 63.2 Å². The normalized spacial score (nSPS) is 22.6. The third-order valence-corrected chi connectivity index (χ3v) is 7.08. The zero-order valence-electron chi connectivity index (χ0n) is 22.0. The Morgan fingerprint density at radius 3 is 2.67 bits per heavy atom. The van der Waals surface area contributed by atoms with E-state index in [4.69, 9.17) is 21.2 Å². The SMILES string of the molecule is C/C1=C\C(=NOCC(=O)N2CCCCC2)Cc2c(Cl)c(OP(=O)(O)O)cc(O)c2C(=O)O[C@H](C)C/C=C/CC1. The number of carbonyl (C=O) groups excluding carboxylic acids is 2. The first-order chi connectivity index (χ1) is 18.4. The Morgan fingerprint density at radius 1 is 1.26 bits per heavy atom. The van der Waals surface area contributed by atoms with E-state index < -0.39 is 31.4 Å². The number of amides is 1. The Morgan fingerprint density at radius 2 is 1.97 bits per heavy atom. The molecule has 1 aromatic carbocycles. The summed E-state index contributed by atoms with van der Waals surface area (Å²) in [6, 6.07) is 0.848. The van der Waals surface area contributed by atoms with Crippen LogP contribution in [0.3, 0.4) is 0 Å². The van der Waals surface area contributed by atoms with Crippen LogP contribution in [0.1, 0.15) is 68.3 Å². The molecule has 0 saturated carbocycles. The van der Waals surface area contributed by atoms with Crippen molar-refractivity contribution in [3.8, 4) is 11.5 Å². The molecule has 0 radical (unpaired) electrons. The Labute approximate surface area is 232 Å². The summed E-state index contributed by atoms with van der Waals surface area (Å²) in [7, 11) is -5.05. The van der Waals surface area contributed by atoms with Crippen molar-refractivity contribution in [1.82, 2.24) is 4.90 Å². The first-order valence-corrected chi connectivity index (χ1v) is 14.6. The van der Waals surface area contributed by atoms with E-state index in [0.717, 1.165) is 37.3 Å². The van der Waals surface area contributed by atoms with Gasteiger partial charge in [-0.2, -0.15) is 0 Å². The van der Waals surface area contributed by atoms with Gasteiger partial charge in [0, 0.05) is 32.0 Å². The zero-order valence-corrected chi connectivity index (χ0v) is 23.6. The van der Waals surface area contributed by atoms with Gasteiger partial charge in [0.2, 0.25) is 0 Å². The smallest absolute Gasteiger partial charge is 0.507 e. The number of rotatable bonds is 5. The predicted molar refractivity (Wildman–Crippen MR) is 145 cm³/mol. The molecule has 11 nitrogen and oxygen atoms in total. The fourth-order valence-electron chi connectivity index (χ4n) is 4.32. The number of phosphoric acid groups is 1. The van der Waals surface area contributed by atoms with E-state index in [0.29, 0.717) is 25.9 Å². The lowest BCUT2D eigenvalue weighted by Gasteiger charge is -2.26. The van der Waals surface area contributed by atoms with E-state index in [1.165, 1.54) is 0 Å². The van der Waals surface area contributed by atoms with Crippen LogP contribution >= 0.6 is 19.4 Å². The highest BCUT2D eigenvalue weighted by Gasteiger charge is 2.29. The number of hydrogen-bond donors (Lipinski definition) is 3. The highest BCUT2D eigenvalue weighted by atomic mass is 35.5. The van der Waals surface area contributed by atoms with Gasteiger partial charge in [-0.1, -0.05) is 34.5 Å². The second kappa shape index (κ2) is 14.0. The van der Waals surface area contributed by atoms with Crippen molar-refractivity contribution < 1.29 is 43.1 Å². The summed E-state index contributed by atoms with van der Waals surface area (Å²) in [6.45, 7) is 4.62. The third-order valence-electron chi connectivity index (χ3n) is 6.23. The minimum absolute atomic E-state index is 0.0290. The number of benzene rings is 1. The van der Waals surface area contributed by atoms with E-state index in [1.54, 1.807) is 17.9 Å². The number of oxime groups is 1. The van der Waals surface area contributed by atoms with Gasteiger partial charge in [0.05, 0.1) is 10.7 Å². The summed E-state index contributed by atoms with van der Waals surface area (Å²) < 4.78 is 21.7. The Kier molecular flexibility index (Phi) is 11.0. The van der Waals surface area contributed by atoms with Gasteiger partial charge in [-0.25, -0.2) is 9.36 Å². The minimum Gasteiger partial charge on any atom is -0.507 e. The number of nitrogens with zero attached hydrogens (tertiary/aromatic N) is 2. The molecule has 2 heterocycles. The Bertz CT molecular complexity index is 1200. The number of halogens is 1. The molecular weight excluding hydrogens is 551 g/mol. The molecule has 0 aliphatic carbocycles. The summed E-state index contributed by atoms with van der Waals surface area (Å²) in [6.07, 6.45) is 9.66. The molecule has 2 aliphatic heterocycles. The number of phosphoric ester groups is 1. The van der Waals surface area contributed by atoms with Crippen LogP contribution in [0.15, 0.2) is 35.0 Å². The van der Waals surface area contributed by atoms with Gasteiger partial charge >= 0.3 is 13.8 Å². The summed E-state index contributed by atoms with van der Waals surface area (Å²) in [5.74, 6) is -2.24. The van der Waals surface area contributed by atoms with Gasteiger partial charge in [-0.05, 0) is 57.6 Å². The van der Waals surface area contributed by atoms with Crippen molar-refractivity contribution in [1.29, 1.82) is 0 Å². The molecule has 1 atom stereocenters. The summed E-state index contributed by atoms with van der Waals surface area (Å²) in [4.78, 5) is 51.4. The lowest BCUT2D eigenvalue weighted by atomic mass is 9.98. The molecule has 13 heteroatoms. The van der Waals surface area contributed by atoms with E-state index in [-0.39, 0.29) is 40.8 Å². The standard InChI is InChI=1S/C26H34ClN2O9P/c1-17-9-5-3-6-10-18(2)37-26(32)24-20(25(27)22(15-21(24)30)38-39(33,34)35)14-19(13-17)28-36-16-23(31)29-11-7-4-8-12-29/h3,6,13,15,18,30H,4-5,7-12,14,16H2,1-2H3,(H2,33,34,35)/b6-3+,17-13+,28-19?/t18-/m1/s1. The van der Waals surface area contributed by atoms with Crippen molar-refractivity contribution in [3.05, 3.63) is 46.0 Å². The molecule has 214 valence electrons. The highest BCUT2D eigenvalue weighted by molar-refractivity contribution is 7.46. The topological polar surface area (TPSA) is 155 Å². The van der Waals surface area contributed by atoms with Gasteiger partial charge < -0.3 is 24.1 Å². The van der Waals surface area contributed by atoms with E-state index >= 15 is 0 Å². The Hall–Kier alpha value is -2.85. The van der Waals surface area contributed by atoms with Crippen molar-refractivity contribution in [2.24, 2.45) is 5.16 Å². The number of likely N-dealkylation sites (tertiary alicyclic amines) is 1. The molecule has 0 unspecified atom stereocenters. The molecule has 3 N–H and O–H groups in total. The van der Waals surface area contributed by atoms with E-state index in [2.05, 4.69) is 9.68 Å². The number of aromatic hydroxyl groups is 1. The first kappa shape index (κ1) is 30.7. The van der Waals surface area contributed by atoms with Crippen LogP contribution in [0.5, 0.6) is 11.5 Å². The van der Waals surface area contributed by atoms with Gasteiger partial charge in [0.15, 0.2) is 12.4 Å². The van der Waals surface area contributed by atoms with Gasteiger partial charge in [-0.3, -0.25) is 14.6 Å². The third kappa shape index (κ3) is 9.39. The predicted octanol–water partition coefficient (Wildman–Crippen LogP) is 4.68. The number of hydrogen-bond acceptors (Lipinski definition) is 8. The number of phenolic OH excluding ortho intramolecular Hbond substituents is 1.